The van der Waals surface area contributed by atoms with Crippen molar-refractivity contribution < 1.29 is 14.9 Å². The molecule has 19 heavy (non-hydrogen) atoms. The summed E-state index contributed by atoms with van der Waals surface area (Å²) < 4.78 is 4.95. The molecule has 0 unspecified atom stereocenters. The summed E-state index contributed by atoms with van der Waals surface area (Å²) in [4.78, 5) is 2.00. The fraction of sp³-hybridized carbons (Fsp3) is 0.467. The molecule has 0 saturated carbocycles. The van der Waals surface area contributed by atoms with Gasteiger partial charge in [-0.3, -0.25) is 4.90 Å². The summed E-state index contributed by atoms with van der Waals surface area (Å²) >= 11 is 0. The molecule has 1 rings (SSSR count). The normalized spacial score (nSPS) is 15.0. The highest BCUT2D eigenvalue weighted by Crippen LogP contribution is 2.10. The van der Waals surface area contributed by atoms with Gasteiger partial charge in [0.15, 0.2) is 0 Å². The molecule has 0 fully saturated rings. The first-order chi connectivity index (χ1) is 9.19. The Morgan fingerprint density at radius 1 is 1.32 bits per heavy atom. The molecule has 0 radical (unpaired) electrons. The fourth-order valence-corrected chi connectivity index (χ4v) is 1.94. The molecule has 1 aromatic rings. The van der Waals surface area contributed by atoms with E-state index >= 15 is 0 Å². The first-order valence-electron chi connectivity index (χ1n) is 6.37. The van der Waals surface area contributed by atoms with Crippen LogP contribution in [0.4, 0.5) is 0 Å². The Bertz CT molecular complexity index is 367. The highest BCUT2D eigenvalue weighted by molar-refractivity contribution is 5.15. The van der Waals surface area contributed by atoms with Crippen LogP contribution in [0.1, 0.15) is 5.56 Å². The number of benzene rings is 1. The number of likely N-dealkylation sites (N-methyl/N-ethyl adjacent to an activating group) is 1. The molecule has 2 atom stereocenters. The van der Waals surface area contributed by atoms with Gasteiger partial charge < -0.3 is 14.9 Å². The minimum absolute atomic E-state index is 0.236. The molecule has 0 amide bonds. The quantitative estimate of drug-likeness (QED) is 0.690. The second-order valence-corrected chi connectivity index (χ2v) is 4.52. The van der Waals surface area contributed by atoms with E-state index in [1.165, 1.54) is 5.56 Å². The largest absolute Gasteiger partial charge is 0.394 e. The van der Waals surface area contributed by atoms with E-state index in [1.54, 1.807) is 7.11 Å². The van der Waals surface area contributed by atoms with Gasteiger partial charge in [-0.2, -0.15) is 0 Å². The average Bonchev–Trinajstić information content (AvgIpc) is 2.44. The van der Waals surface area contributed by atoms with Crippen molar-refractivity contribution in [3.8, 4) is 0 Å². The minimum atomic E-state index is -0.804. The van der Waals surface area contributed by atoms with Gasteiger partial charge in [0.2, 0.25) is 0 Å². The van der Waals surface area contributed by atoms with Crippen molar-refractivity contribution in [2.45, 2.75) is 18.7 Å². The molecular weight excluding hydrogens is 242 g/mol. The monoisotopic (exact) mass is 265 g/mol. The number of ether oxygens (including phenoxy) is 1. The van der Waals surface area contributed by atoms with Crippen molar-refractivity contribution in [1.82, 2.24) is 4.90 Å². The van der Waals surface area contributed by atoms with Crippen LogP contribution in [0, 0.1) is 0 Å². The van der Waals surface area contributed by atoms with Gasteiger partial charge in [-0.15, -0.1) is 0 Å². The van der Waals surface area contributed by atoms with E-state index < -0.39 is 6.10 Å². The maximum Gasteiger partial charge on any atom is 0.0961 e. The third-order valence-electron chi connectivity index (χ3n) is 2.96. The number of aliphatic hydroxyl groups is 2. The molecule has 0 aromatic heterocycles. The lowest BCUT2D eigenvalue weighted by atomic mass is 10.1. The average molecular weight is 265 g/mol. The molecule has 2 N–H and O–H groups in total. The van der Waals surface area contributed by atoms with Crippen molar-refractivity contribution in [3.05, 3.63) is 48.0 Å². The minimum Gasteiger partial charge on any atom is -0.394 e. The Labute approximate surface area is 114 Å². The Kier molecular flexibility index (Phi) is 7.36. The first kappa shape index (κ1) is 15.9. The number of methoxy groups -OCH3 is 1. The highest BCUT2D eigenvalue weighted by atomic mass is 16.5. The Hall–Kier alpha value is -1.20. The second-order valence-electron chi connectivity index (χ2n) is 4.52. The zero-order valence-electron chi connectivity index (χ0n) is 11.6. The van der Waals surface area contributed by atoms with Crippen LogP contribution in [-0.4, -0.2) is 54.6 Å². The lowest BCUT2D eigenvalue weighted by molar-refractivity contribution is 0.0360. The molecule has 0 spiro atoms. The van der Waals surface area contributed by atoms with Crippen LogP contribution in [0.2, 0.25) is 0 Å². The molecule has 4 heteroatoms. The van der Waals surface area contributed by atoms with Gasteiger partial charge in [-0.05, 0) is 12.6 Å². The van der Waals surface area contributed by atoms with E-state index in [1.807, 2.05) is 54.4 Å². The van der Waals surface area contributed by atoms with Gasteiger partial charge in [-0.25, -0.2) is 0 Å². The molecule has 0 bridgehead atoms. The molecular formula is C15H23NO3. The summed E-state index contributed by atoms with van der Waals surface area (Å²) in [5.41, 5.74) is 1.17. The van der Waals surface area contributed by atoms with E-state index in [9.17, 15) is 5.11 Å². The van der Waals surface area contributed by atoms with Crippen LogP contribution < -0.4 is 0 Å². The summed E-state index contributed by atoms with van der Waals surface area (Å²) in [6.07, 6.45) is 2.92. The standard InChI is InChI=1S/C15H23NO3/c1-16(11-13-7-4-3-5-8-13)14(15(18)12-17)9-6-10-19-2/h3-9,14-15,17-18H,10-12H2,1-2H3/b9-6+/t14-,15+/m1/s1. The van der Waals surface area contributed by atoms with Gasteiger partial charge in [0, 0.05) is 13.7 Å². The van der Waals surface area contributed by atoms with Crippen LogP contribution >= 0.6 is 0 Å². The van der Waals surface area contributed by atoms with Crippen LogP contribution in [-0.2, 0) is 11.3 Å². The fourth-order valence-electron chi connectivity index (χ4n) is 1.94. The van der Waals surface area contributed by atoms with Gasteiger partial charge >= 0.3 is 0 Å². The summed E-state index contributed by atoms with van der Waals surface area (Å²) in [6.45, 7) is 0.939. The van der Waals surface area contributed by atoms with E-state index in [0.717, 1.165) is 0 Å². The molecule has 1 aromatic carbocycles. The Morgan fingerprint density at radius 3 is 2.58 bits per heavy atom. The van der Waals surface area contributed by atoms with Crippen LogP contribution in [0.3, 0.4) is 0 Å². The van der Waals surface area contributed by atoms with Gasteiger partial charge in [-0.1, -0.05) is 42.5 Å². The number of nitrogens with zero attached hydrogens (tertiary/aromatic N) is 1. The smallest absolute Gasteiger partial charge is 0.0961 e. The van der Waals surface area contributed by atoms with Crippen molar-refractivity contribution in [1.29, 1.82) is 0 Å². The van der Waals surface area contributed by atoms with Crippen LogP contribution in [0.25, 0.3) is 0 Å². The first-order valence-corrected chi connectivity index (χ1v) is 6.37. The Balaban J connectivity index is 2.68. The summed E-state index contributed by atoms with van der Waals surface area (Å²) in [5, 5.41) is 19.0. The summed E-state index contributed by atoms with van der Waals surface area (Å²) in [5.74, 6) is 0. The van der Waals surface area contributed by atoms with E-state index in [4.69, 9.17) is 9.84 Å². The molecule has 4 nitrogen and oxygen atoms in total. The van der Waals surface area contributed by atoms with Crippen molar-refractivity contribution >= 4 is 0 Å². The van der Waals surface area contributed by atoms with E-state index in [0.29, 0.717) is 13.2 Å². The molecule has 0 aliphatic heterocycles. The topological polar surface area (TPSA) is 52.9 Å². The number of hydrogen-bond donors (Lipinski definition) is 2. The number of rotatable bonds is 8. The van der Waals surface area contributed by atoms with Gasteiger partial charge in [0.1, 0.15) is 0 Å². The third kappa shape index (κ3) is 5.53. The second kappa shape index (κ2) is 8.82. The summed E-state index contributed by atoms with van der Waals surface area (Å²) in [7, 11) is 3.54. The zero-order chi connectivity index (χ0) is 14.1. The third-order valence-corrected chi connectivity index (χ3v) is 2.96. The molecule has 0 saturated heterocycles. The maximum absolute atomic E-state index is 9.88. The van der Waals surface area contributed by atoms with Gasteiger partial charge in [0.05, 0.1) is 25.4 Å². The number of aliphatic hydroxyl groups excluding tert-OH is 2. The van der Waals surface area contributed by atoms with Crippen molar-refractivity contribution in [3.63, 3.8) is 0 Å². The summed E-state index contributed by atoms with van der Waals surface area (Å²) in [6, 6.07) is 9.79. The van der Waals surface area contributed by atoms with Crippen LogP contribution in [0.15, 0.2) is 42.5 Å². The molecule has 0 heterocycles. The zero-order valence-corrected chi connectivity index (χ0v) is 11.6. The lowest BCUT2D eigenvalue weighted by Gasteiger charge is -2.28. The predicted molar refractivity (Wildman–Crippen MR) is 75.8 cm³/mol. The van der Waals surface area contributed by atoms with Crippen molar-refractivity contribution in [2.75, 3.05) is 27.4 Å². The van der Waals surface area contributed by atoms with Crippen LogP contribution in [0.5, 0.6) is 0 Å². The van der Waals surface area contributed by atoms with E-state index in [-0.39, 0.29) is 12.6 Å². The molecule has 106 valence electrons. The SMILES string of the molecule is COC/C=C/[C@H]([C@@H](O)CO)N(C)Cc1ccccc1. The molecule has 0 aliphatic carbocycles. The van der Waals surface area contributed by atoms with Gasteiger partial charge in [0.25, 0.3) is 0 Å². The van der Waals surface area contributed by atoms with E-state index in [2.05, 4.69) is 0 Å². The lowest BCUT2D eigenvalue weighted by Crippen LogP contribution is -2.41. The highest BCUT2D eigenvalue weighted by Gasteiger charge is 2.20. The number of hydrogen-bond acceptors (Lipinski definition) is 4. The van der Waals surface area contributed by atoms with Crippen molar-refractivity contribution in [2.24, 2.45) is 0 Å². The predicted octanol–water partition coefficient (Wildman–Crippen LogP) is 1.04. The maximum atomic E-state index is 9.88. The molecule has 0 aliphatic rings. The Morgan fingerprint density at radius 2 is 2.00 bits per heavy atom.